The van der Waals surface area contributed by atoms with Gasteiger partial charge < -0.3 is 5.32 Å². The van der Waals surface area contributed by atoms with Crippen molar-refractivity contribution in [2.45, 2.75) is 6.54 Å². The largest absolute Gasteiger partial charge is 0.329 e. The third kappa shape index (κ3) is 2.99. The molecular formula is C16H13FN4O4. The summed E-state index contributed by atoms with van der Waals surface area (Å²) in [5, 5.41) is 13.0. The van der Waals surface area contributed by atoms with Crippen LogP contribution in [0.2, 0.25) is 0 Å². The number of carbonyl (C=O) groups is 1. The van der Waals surface area contributed by atoms with E-state index in [2.05, 4.69) is 5.32 Å². The Hall–Kier alpha value is -3.49. The summed E-state index contributed by atoms with van der Waals surface area (Å²) in [5.41, 5.74) is 0.161. The fourth-order valence-electron chi connectivity index (χ4n) is 2.57. The number of nitro benzene ring substituents is 1. The van der Waals surface area contributed by atoms with Gasteiger partial charge in [0.2, 0.25) is 5.91 Å². The van der Waals surface area contributed by atoms with Gasteiger partial charge in [-0.3, -0.25) is 24.0 Å². The van der Waals surface area contributed by atoms with Crippen molar-refractivity contribution >= 4 is 28.3 Å². The van der Waals surface area contributed by atoms with E-state index in [0.29, 0.717) is 11.0 Å². The number of nitro groups is 1. The van der Waals surface area contributed by atoms with Gasteiger partial charge >= 0.3 is 5.69 Å². The molecule has 0 fully saturated rings. The van der Waals surface area contributed by atoms with E-state index in [4.69, 9.17) is 0 Å². The van der Waals surface area contributed by atoms with Crippen LogP contribution in [-0.4, -0.2) is 20.0 Å². The molecule has 0 bridgehead atoms. The van der Waals surface area contributed by atoms with Gasteiger partial charge in [0, 0.05) is 19.2 Å². The number of hydrogen-bond donors (Lipinski definition) is 1. The smallest absolute Gasteiger partial charge is 0.322 e. The molecular weight excluding hydrogens is 331 g/mol. The Balaban J connectivity index is 1.90. The number of aryl methyl sites for hydroxylation is 1. The summed E-state index contributed by atoms with van der Waals surface area (Å²) in [4.78, 5) is 34.5. The molecule has 1 amide bonds. The highest BCUT2D eigenvalue weighted by atomic mass is 19.1. The van der Waals surface area contributed by atoms with Crippen LogP contribution in [0.25, 0.3) is 11.0 Å². The SMILES string of the molecule is Cn1c(=O)n(CC(=O)Nc2cc([N+](=O)[O-])ccc2F)c2ccccc21. The first-order valence-corrected chi connectivity index (χ1v) is 7.26. The molecule has 0 saturated carbocycles. The lowest BCUT2D eigenvalue weighted by Crippen LogP contribution is -2.28. The van der Waals surface area contributed by atoms with Crippen molar-refractivity contribution < 1.29 is 14.1 Å². The summed E-state index contributed by atoms with van der Waals surface area (Å²) in [6, 6.07) is 9.77. The first-order chi connectivity index (χ1) is 11.9. The number of nitrogens with zero attached hydrogens (tertiary/aromatic N) is 3. The second-order valence-electron chi connectivity index (χ2n) is 5.39. The third-order valence-corrected chi connectivity index (χ3v) is 3.79. The molecule has 0 aliphatic rings. The quantitative estimate of drug-likeness (QED) is 0.578. The van der Waals surface area contributed by atoms with Gasteiger partial charge in [-0.2, -0.15) is 0 Å². The first-order valence-electron chi connectivity index (χ1n) is 7.26. The standard InChI is InChI=1S/C16H13FN4O4/c1-19-13-4-2-3-5-14(13)20(16(19)23)9-15(22)18-12-8-10(21(24)25)6-7-11(12)17/h2-8H,9H2,1H3,(H,18,22). The fourth-order valence-corrected chi connectivity index (χ4v) is 2.57. The number of benzene rings is 2. The highest BCUT2D eigenvalue weighted by Crippen LogP contribution is 2.21. The molecule has 25 heavy (non-hydrogen) atoms. The minimum Gasteiger partial charge on any atom is -0.322 e. The Morgan fingerprint density at radius 1 is 1.24 bits per heavy atom. The Kier molecular flexibility index (Phi) is 4.05. The second-order valence-corrected chi connectivity index (χ2v) is 5.39. The predicted octanol–water partition coefficient (Wildman–Crippen LogP) is 2.03. The molecule has 3 aromatic rings. The Morgan fingerprint density at radius 2 is 1.92 bits per heavy atom. The number of anilines is 1. The summed E-state index contributed by atoms with van der Waals surface area (Å²) in [6.07, 6.45) is 0. The summed E-state index contributed by atoms with van der Waals surface area (Å²) >= 11 is 0. The van der Waals surface area contributed by atoms with E-state index in [0.717, 1.165) is 18.2 Å². The number of halogens is 1. The fraction of sp³-hybridized carbons (Fsp3) is 0.125. The van der Waals surface area contributed by atoms with Crippen LogP contribution in [0.15, 0.2) is 47.3 Å². The van der Waals surface area contributed by atoms with Crippen LogP contribution in [0.5, 0.6) is 0 Å². The van der Waals surface area contributed by atoms with E-state index in [-0.39, 0.29) is 17.9 Å². The summed E-state index contributed by atoms with van der Waals surface area (Å²) < 4.78 is 16.4. The Bertz CT molecular complexity index is 1050. The number of non-ortho nitro benzene ring substituents is 1. The Labute approximate surface area is 140 Å². The monoisotopic (exact) mass is 344 g/mol. The molecule has 0 aliphatic heterocycles. The summed E-state index contributed by atoms with van der Waals surface area (Å²) in [7, 11) is 1.58. The molecule has 8 nitrogen and oxygen atoms in total. The topological polar surface area (TPSA) is 99.2 Å². The minimum absolute atomic E-state index is 0.313. The average molecular weight is 344 g/mol. The number of rotatable bonds is 4. The molecule has 0 spiro atoms. The molecule has 1 aromatic heterocycles. The summed E-state index contributed by atoms with van der Waals surface area (Å²) in [6.45, 7) is -0.345. The maximum absolute atomic E-state index is 13.8. The van der Waals surface area contributed by atoms with Crippen molar-refractivity contribution in [1.29, 1.82) is 0 Å². The van der Waals surface area contributed by atoms with E-state index in [9.17, 15) is 24.1 Å². The van der Waals surface area contributed by atoms with E-state index >= 15 is 0 Å². The van der Waals surface area contributed by atoms with Gasteiger partial charge in [-0.05, 0) is 18.2 Å². The number of amides is 1. The number of carbonyl (C=O) groups excluding carboxylic acids is 1. The molecule has 1 N–H and O–H groups in total. The molecule has 128 valence electrons. The van der Waals surface area contributed by atoms with Crippen LogP contribution < -0.4 is 11.0 Å². The highest BCUT2D eigenvalue weighted by Gasteiger charge is 2.16. The van der Waals surface area contributed by atoms with Crippen molar-refractivity contribution in [3.05, 3.63) is 68.9 Å². The number of hydrogen-bond acceptors (Lipinski definition) is 4. The molecule has 9 heteroatoms. The molecule has 0 atom stereocenters. The summed E-state index contributed by atoms with van der Waals surface area (Å²) in [5.74, 6) is -1.47. The van der Waals surface area contributed by atoms with Crippen LogP contribution in [0.4, 0.5) is 15.8 Å². The van der Waals surface area contributed by atoms with Crippen molar-refractivity contribution in [3.8, 4) is 0 Å². The Morgan fingerprint density at radius 3 is 2.60 bits per heavy atom. The maximum atomic E-state index is 13.8. The third-order valence-electron chi connectivity index (χ3n) is 3.79. The van der Waals surface area contributed by atoms with E-state index in [1.54, 1.807) is 31.3 Å². The van der Waals surface area contributed by atoms with Crippen LogP contribution in [0.1, 0.15) is 0 Å². The first kappa shape index (κ1) is 16.4. The zero-order chi connectivity index (χ0) is 18.1. The van der Waals surface area contributed by atoms with Gasteiger partial charge in [0.05, 0.1) is 21.6 Å². The number of nitrogens with one attached hydrogen (secondary N) is 1. The zero-order valence-electron chi connectivity index (χ0n) is 13.1. The van der Waals surface area contributed by atoms with Gasteiger partial charge in [-0.15, -0.1) is 0 Å². The van der Waals surface area contributed by atoms with Gasteiger partial charge in [-0.1, -0.05) is 12.1 Å². The van der Waals surface area contributed by atoms with Gasteiger partial charge in [0.1, 0.15) is 12.4 Å². The van der Waals surface area contributed by atoms with Crippen LogP contribution in [-0.2, 0) is 18.4 Å². The number of para-hydroxylation sites is 2. The average Bonchev–Trinajstić information content (AvgIpc) is 2.82. The second kappa shape index (κ2) is 6.19. The van der Waals surface area contributed by atoms with E-state index < -0.39 is 22.3 Å². The van der Waals surface area contributed by atoms with Gasteiger partial charge in [-0.25, -0.2) is 9.18 Å². The highest BCUT2D eigenvalue weighted by molar-refractivity contribution is 5.92. The van der Waals surface area contributed by atoms with E-state index in [1.807, 2.05) is 0 Å². The van der Waals surface area contributed by atoms with Crippen molar-refractivity contribution in [2.75, 3.05) is 5.32 Å². The number of fused-ring (bicyclic) bond motifs is 1. The van der Waals surface area contributed by atoms with Crippen LogP contribution in [0, 0.1) is 15.9 Å². The molecule has 3 rings (SSSR count). The number of aromatic nitrogens is 2. The molecule has 0 radical (unpaired) electrons. The maximum Gasteiger partial charge on any atom is 0.329 e. The van der Waals surface area contributed by atoms with Gasteiger partial charge in [0.25, 0.3) is 5.69 Å². The lowest BCUT2D eigenvalue weighted by molar-refractivity contribution is -0.384. The van der Waals surface area contributed by atoms with Crippen LogP contribution >= 0.6 is 0 Å². The van der Waals surface area contributed by atoms with Crippen LogP contribution in [0.3, 0.4) is 0 Å². The lowest BCUT2D eigenvalue weighted by Gasteiger charge is -2.07. The van der Waals surface area contributed by atoms with E-state index in [1.165, 1.54) is 9.13 Å². The normalized spacial score (nSPS) is 10.8. The zero-order valence-corrected chi connectivity index (χ0v) is 13.1. The van der Waals surface area contributed by atoms with Crippen molar-refractivity contribution in [1.82, 2.24) is 9.13 Å². The molecule has 0 aliphatic carbocycles. The van der Waals surface area contributed by atoms with Crippen molar-refractivity contribution in [2.24, 2.45) is 7.05 Å². The lowest BCUT2D eigenvalue weighted by atomic mass is 10.2. The molecule has 0 saturated heterocycles. The van der Waals surface area contributed by atoms with Crippen molar-refractivity contribution in [3.63, 3.8) is 0 Å². The predicted molar refractivity (Wildman–Crippen MR) is 88.9 cm³/mol. The molecule has 1 heterocycles. The minimum atomic E-state index is -0.802. The molecule has 2 aromatic carbocycles. The number of imidazole rings is 1. The van der Waals surface area contributed by atoms with Gasteiger partial charge in [0.15, 0.2) is 0 Å². The molecule has 0 unspecified atom stereocenters.